The molecule has 0 radical (unpaired) electrons. The van der Waals surface area contributed by atoms with E-state index < -0.39 is 0 Å². The molecular weight excluding hydrogens is 260 g/mol. The molecule has 3 aromatic heterocycles. The summed E-state index contributed by atoms with van der Waals surface area (Å²) in [5.74, 6) is -0.0405. The van der Waals surface area contributed by atoms with Gasteiger partial charge < -0.3 is 4.42 Å². The zero-order valence-corrected chi connectivity index (χ0v) is 9.96. The second-order valence-electron chi connectivity index (χ2n) is 3.28. The number of furan rings is 1. The average molecular weight is 265 g/mol. The highest BCUT2D eigenvalue weighted by atomic mass is 35.5. The van der Waals surface area contributed by atoms with E-state index >= 15 is 0 Å². The van der Waals surface area contributed by atoms with Crippen molar-refractivity contribution in [1.29, 1.82) is 0 Å². The number of halogens is 1. The topological polar surface area (TPSA) is 56.0 Å². The molecule has 0 aliphatic rings. The minimum atomic E-state index is -0.285. The third kappa shape index (κ3) is 1.73. The smallest absolute Gasteiger partial charge is 0.248 e. The Morgan fingerprint density at radius 3 is 3.00 bits per heavy atom. The molecule has 6 heteroatoms. The number of nitrogens with zero attached hydrogens (tertiary/aromatic N) is 2. The third-order valence-electron chi connectivity index (χ3n) is 2.24. The molecular formula is C11H5ClN2O2S. The van der Waals surface area contributed by atoms with Crippen molar-refractivity contribution in [2.75, 3.05) is 0 Å². The Morgan fingerprint density at radius 1 is 1.35 bits per heavy atom. The Bertz CT molecular complexity index is 691. The standard InChI is InChI=1S/C11H5ClN2O2S/c12-11-13-6-3-5-17-10(6)8(14-11)9(15)7-2-1-4-16-7/h1-5H. The summed E-state index contributed by atoms with van der Waals surface area (Å²) in [5, 5.41) is 1.90. The van der Waals surface area contributed by atoms with Crippen molar-refractivity contribution in [1.82, 2.24) is 9.97 Å². The lowest BCUT2D eigenvalue weighted by molar-refractivity contribution is 0.101. The van der Waals surface area contributed by atoms with Crippen molar-refractivity contribution in [2.45, 2.75) is 0 Å². The number of hydrogen-bond acceptors (Lipinski definition) is 5. The molecule has 0 saturated heterocycles. The Balaban J connectivity index is 2.23. The highest BCUT2D eigenvalue weighted by molar-refractivity contribution is 7.17. The number of aromatic nitrogens is 2. The Kier molecular flexibility index (Phi) is 2.42. The summed E-state index contributed by atoms with van der Waals surface area (Å²) in [5.41, 5.74) is 0.954. The normalized spacial score (nSPS) is 10.9. The van der Waals surface area contributed by atoms with Gasteiger partial charge in [-0.05, 0) is 35.2 Å². The fourth-order valence-electron chi connectivity index (χ4n) is 1.51. The Labute approximate surface area is 105 Å². The summed E-state index contributed by atoms with van der Waals surface area (Å²) in [6.07, 6.45) is 1.45. The maximum Gasteiger partial charge on any atom is 0.248 e. The molecule has 0 amide bonds. The van der Waals surface area contributed by atoms with Crippen LogP contribution < -0.4 is 0 Å². The van der Waals surface area contributed by atoms with Gasteiger partial charge in [-0.1, -0.05) is 0 Å². The van der Waals surface area contributed by atoms with Gasteiger partial charge in [0.1, 0.15) is 5.69 Å². The molecule has 84 valence electrons. The highest BCUT2D eigenvalue weighted by Gasteiger charge is 2.19. The van der Waals surface area contributed by atoms with E-state index in [-0.39, 0.29) is 22.5 Å². The minimum absolute atomic E-state index is 0.0609. The summed E-state index contributed by atoms with van der Waals surface area (Å²) in [4.78, 5) is 20.2. The highest BCUT2D eigenvalue weighted by Crippen LogP contribution is 2.25. The lowest BCUT2D eigenvalue weighted by Gasteiger charge is -1.99. The van der Waals surface area contributed by atoms with Crippen molar-refractivity contribution in [2.24, 2.45) is 0 Å². The van der Waals surface area contributed by atoms with Gasteiger partial charge in [-0.3, -0.25) is 4.79 Å². The van der Waals surface area contributed by atoms with Crippen LogP contribution in [0.5, 0.6) is 0 Å². The minimum Gasteiger partial charge on any atom is -0.461 e. The molecule has 0 aliphatic heterocycles. The molecule has 3 heterocycles. The van der Waals surface area contributed by atoms with Crippen LogP contribution in [-0.4, -0.2) is 15.8 Å². The molecule has 3 rings (SSSR count). The molecule has 0 bridgehead atoms. The molecule has 0 saturated carbocycles. The number of carbonyl (C=O) groups is 1. The summed E-state index contributed by atoms with van der Waals surface area (Å²) in [6.45, 7) is 0. The zero-order chi connectivity index (χ0) is 11.8. The number of rotatable bonds is 2. The molecule has 0 unspecified atom stereocenters. The summed E-state index contributed by atoms with van der Waals surface area (Å²) in [6, 6.07) is 5.05. The van der Waals surface area contributed by atoms with E-state index in [1.54, 1.807) is 18.2 Å². The van der Waals surface area contributed by atoms with Gasteiger partial charge in [-0.15, -0.1) is 11.3 Å². The van der Waals surface area contributed by atoms with Crippen LogP contribution in [0.1, 0.15) is 16.2 Å². The fraction of sp³-hybridized carbons (Fsp3) is 0. The monoisotopic (exact) mass is 264 g/mol. The van der Waals surface area contributed by atoms with Gasteiger partial charge in [0.2, 0.25) is 11.1 Å². The number of thiophene rings is 1. The van der Waals surface area contributed by atoms with Gasteiger partial charge in [-0.2, -0.15) is 0 Å². The second-order valence-corrected chi connectivity index (χ2v) is 4.54. The summed E-state index contributed by atoms with van der Waals surface area (Å²) >= 11 is 7.19. The predicted octanol–water partition coefficient (Wildman–Crippen LogP) is 3.17. The van der Waals surface area contributed by atoms with E-state index in [9.17, 15) is 4.79 Å². The molecule has 17 heavy (non-hydrogen) atoms. The molecule has 0 atom stereocenters. The Hall–Kier alpha value is -1.72. The quantitative estimate of drug-likeness (QED) is 0.527. The third-order valence-corrected chi connectivity index (χ3v) is 3.32. The van der Waals surface area contributed by atoms with Gasteiger partial charge >= 0.3 is 0 Å². The first-order chi connectivity index (χ1) is 8.25. The van der Waals surface area contributed by atoms with E-state index in [0.29, 0.717) is 5.52 Å². The first-order valence-electron chi connectivity index (χ1n) is 4.74. The lowest BCUT2D eigenvalue weighted by atomic mass is 10.2. The average Bonchev–Trinajstić information content (AvgIpc) is 2.97. The first-order valence-corrected chi connectivity index (χ1v) is 6.00. The molecule has 0 aromatic carbocycles. The van der Waals surface area contributed by atoms with Crippen LogP contribution in [0.2, 0.25) is 5.28 Å². The van der Waals surface area contributed by atoms with E-state index in [1.165, 1.54) is 17.6 Å². The zero-order valence-electron chi connectivity index (χ0n) is 8.38. The van der Waals surface area contributed by atoms with Crippen molar-refractivity contribution in [3.8, 4) is 0 Å². The number of carbonyl (C=O) groups excluding carboxylic acids is 1. The van der Waals surface area contributed by atoms with Crippen LogP contribution in [-0.2, 0) is 0 Å². The molecule has 0 N–H and O–H groups in total. The first kappa shape index (κ1) is 10.4. The van der Waals surface area contributed by atoms with Crippen LogP contribution >= 0.6 is 22.9 Å². The predicted molar refractivity (Wildman–Crippen MR) is 64.6 cm³/mol. The van der Waals surface area contributed by atoms with Crippen LogP contribution in [0.4, 0.5) is 0 Å². The maximum absolute atomic E-state index is 12.1. The molecule has 0 spiro atoms. The van der Waals surface area contributed by atoms with E-state index in [2.05, 4.69) is 9.97 Å². The summed E-state index contributed by atoms with van der Waals surface area (Å²) < 4.78 is 5.78. The van der Waals surface area contributed by atoms with Crippen LogP contribution in [0, 0.1) is 0 Å². The molecule has 0 aliphatic carbocycles. The van der Waals surface area contributed by atoms with E-state index in [1.807, 2.05) is 5.38 Å². The lowest BCUT2D eigenvalue weighted by Crippen LogP contribution is -2.04. The van der Waals surface area contributed by atoms with Crippen molar-refractivity contribution in [3.63, 3.8) is 0 Å². The fourth-order valence-corrected chi connectivity index (χ4v) is 2.51. The molecule has 4 nitrogen and oxygen atoms in total. The van der Waals surface area contributed by atoms with Gasteiger partial charge in [0.25, 0.3) is 0 Å². The number of hydrogen-bond donors (Lipinski definition) is 0. The van der Waals surface area contributed by atoms with Crippen LogP contribution in [0.15, 0.2) is 34.3 Å². The van der Waals surface area contributed by atoms with Crippen LogP contribution in [0.25, 0.3) is 10.2 Å². The molecule has 0 fully saturated rings. The molecule has 3 aromatic rings. The summed E-state index contributed by atoms with van der Waals surface area (Å²) in [7, 11) is 0. The van der Waals surface area contributed by atoms with Gasteiger partial charge in [-0.25, -0.2) is 9.97 Å². The Morgan fingerprint density at radius 2 is 2.24 bits per heavy atom. The SMILES string of the molecule is O=C(c1ccco1)c1nc(Cl)nc2ccsc12. The number of fused-ring (bicyclic) bond motifs is 1. The second kappa shape index (κ2) is 3.94. The maximum atomic E-state index is 12.1. The van der Waals surface area contributed by atoms with Crippen molar-refractivity contribution < 1.29 is 9.21 Å². The van der Waals surface area contributed by atoms with Crippen LogP contribution in [0.3, 0.4) is 0 Å². The van der Waals surface area contributed by atoms with E-state index in [0.717, 1.165) is 4.70 Å². The van der Waals surface area contributed by atoms with Gasteiger partial charge in [0.15, 0.2) is 5.76 Å². The van der Waals surface area contributed by atoms with Gasteiger partial charge in [0, 0.05) is 0 Å². The van der Waals surface area contributed by atoms with E-state index in [4.69, 9.17) is 16.0 Å². The van der Waals surface area contributed by atoms with Crippen molar-refractivity contribution >= 4 is 38.9 Å². The van der Waals surface area contributed by atoms with Crippen molar-refractivity contribution in [3.05, 3.63) is 46.6 Å². The number of ketones is 1. The largest absolute Gasteiger partial charge is 0.461 e. The van der Waals surface area contributed by atoms with Gasteiger partial charge in [0.05, 0.1) is 16.5 Å².